The molecular formula is C13H23N3O3S. The quantitative estimate of drug-likeness (QED) is 0.692. The van der Waals surface area contributed by atoms with Crippen LogP contribution in [-0.2, 0) is 4.79 Å². The van der Waals surface area contributed by atoms with Crippen molar-refractivity contribution in [1.82, 2.24) is 15.5 Å². The second kappa shape index (κ2) is 7.73. The van der Waals surface area contributed by atoms with E-state index in [2.05, 4.69) is 15.5 Å². The van der Waals surface area contributed by atoms with Crippen LogP contribution in [0.15, 0.2) is 0 Å². The molecule has 1 aliphatic carbocycles. The van der Waals surface area contributed by atoms with Crippen molar-refractivity contribution < 1.29 is 14.7 Å². The number of rotatable bonds is 5. The molecular weight excluding hydrogens is 278 g/mol. The van der Waals surface area contributed by atoms with Crippen LogP contribution in [0.25, 0.3) is 0 Å². The van der Waals surface area contributed by atoms with Gasteiger partial charge in [-0.2, -0.15) is 11.8 Å². The smallest absolute Gasteiger partial charge is 0.315 e. The monoisotopic (exact) mass is 301 g/mol. The number of nitrogens with zero attached hydrogens (tertiary/aromatic N) is 1. The van der Waals surface area contributed by atoms with E-state index in [1.807, 2.05) is 11.8 Å². The number of hydrogen-bond donors (Lipinski definition) is 3. The van der Waals surface area contributed by atoms with Gasteiger partial charge >= 0.3 is 12.0 Å². The topological polar surface area (TPSA) is 81.7 Å². The molecule has 2 fully saturated rings. The lowest BCUT2D eigenvalue weighted by atomic mass is 10.1. The van der Waals surface area contributed by atoms with Crippen molar-refractivity contribution in [3.05, 3.63) is 0 Å². The Morgan fingerprint density at radius 2 is 2.00 bits per heavy atom. The van der Waals surface area contributed by atoms with Gasteiger partial charge in [0.15, 0.2) is 0 Å². The number of aliphatic carboxylic acids is 1. The lowest BCUT2D eigenvalue weighted by Crippen LogP contribution is -2.45. The minimum Gasteiger partial charge on any atom is -0.481 e. The summed E-state index contributed by atoms with van der Waals surface area (Å²) in [5.74, 6) is 1.29. The number of hydrogen-bond acceptors (Lipinski definition) is 4. The van der Waals surface area contributed by atoms with Gasteiger partial charge in [-0.25, -0.2) is 4.79 Å². The maximum Gasteiger partial charge on any atom is 0.315 e. The number of thioether (sulfide) groups is 1. The Bertz CT molecular complexity index is 348. The molecule has 2 unspecified atom stereocenters. The molecule has 3 N–H and O–H groups in total. The fraction of sp³-hybridized carbons (Fsp3) is 0.846. The van der Waals surface area contributed by atoms with Crippen LogP contribution >= 0.6 is 11.8 Å². The average Bonchev–Trinajstić information content (AvgIpc) is 2.88. The molecule has 1 heterocycles. The first-order valence-electron chi connectivity index (χ1n) is 7.22. The predicted molar refractivity (Wildman–Crippen MR) is 79.1 cm³/mol. The Balaban J connectivity index is 1.57. The highest BCUT2D eigenvalue weighted by Gasteiger charge is 2.30. The Morgan fingerprint density at radius 1 is 1.25 bits per heavy atom. The molecule has 2 rings (SSSR count). The van der Waals surface area contributed by atoms with E-state index >= 15 is 0 Å². The average molecular weight is 301 g/mol. The standard InChI is InChI=1S/C13H23N3O3S/c17-12(18)10-1-2-11(9-10)15-13(19)14-3-4-16-5-7-20-8-6-16/h10-11H,1-9H2,(H,17,18)(H2,14,15,19). The number of carboxylic acid groups (broad SMARTS) is 1. The van der Waals surface area contributed by atoms with Crippen LogP contribution in [0.4, 0.5) is 4.79 Å². The van der Waals surface area contributed by atoms with Crippen LogP contribution in [-0.4, -0.2) is 65.7 Å². The highest BCUT2D eigenvalue weighted by atomic mass is 32.2. The van der Waals surface area contributed by atoms with Gasteiger partial charge in [-0.05, 0) is 19.3 Å². The number of nitrogens with one attached hydrogen (secondary N) is 2. The van der Waals surface area contributed by atoms with Gasteiger partial charge in [-0.15, -0.1) is 0 Å². The molecule has 0 bridgehead atoms. The Hall–Kier alpha value is -0.950. The minimum atomic E-state index is -0.752. The number of carbonyl (C=O) groups excluding carboxylic acids is 1. The fourth-order valence-electron chi connectivity index (χ4n) is 2.73. The summed E-state index contributed by atoms with van der Waals surface area (Å²) in [5.41, 5.74) is 0. The number of urea groups is 1. The molecule has 0 aromatic rings. The fourth-order valence-corrected chi connectivity index (χ4v) is 3.70. The van der Waals surface area contributed by atoms with Gasteiger partial charge in [0.1, 0.15) is 0 Å². The van der Waals surface area contributed by atoms with Crippen molar-refractivity contribution >= 4 is 23.8 Å². The molecule has 2 amide bonds. The lowest BCUT2D eigenvalue weighted by molar-refractivity contribution is -0.141. The van der Waals surface area contributed by atoms with Gasteiger partial charge in [0.2, 0.25) is 0 Å². The molecule has 20 heavy (non-hydrogen) atoms. The highest BCUT2D eigenvalue weighted by Crippen LogP contribution is 2.25. The van der Waals surface area contributed by atoms with Crippen molar-refractivity contribution in [3.8, 4) is 0 Å². The predicted octanol–water partition coefficient (Wildman–Crippen LogP) is 0.588. The van der Waals surface area contributed by atoms with Crippen LogP contribution in [0.5, 0.6) is 0 Å². The first-order valence-corrected chi connectivity index (χ1v) is 8.38. The summed E-state index contributed by atoms with van der Waals surface area (Å²) in [6.45, 7) is 3.72. The highest BCUT2D eigenvalue weighted by molar-refractivity contribution is 7.99. The van der Waals surface area contributed by atoms with Crippen molar-refractivity contribution in [2.45, 2.75) is 25.3 Å². The summed E-state index contributed by atoms with van der Waals surface area (Å²) in [5, 5.41) is 14.6. The largest absolute Gasteiger partial charge is 0.481 e. The Kier molecular flexibility index (Phi) is 5.97. The van der Waals surface area contributed by atoms with Gasteiger partial charge in [0, 0.05) is 43.7 Å². The molecule has 1 saturated carbocycles. The summed E-state index contributed by atoms with van der Waals surface area (Å²) < 4.78 is 0. The van der Waals surface area contributed by atoms with Crippen molar-refractivity contribution in [2.75, 3.05) is 37.7 Å². The summed E-state index contributed by atoms with van der Waals surface area (Å²) in [4.78, 5) is 24.9. The zero-order valence-corrected chi connectivity index (χ0v) is 12.5. The van der Waals surface area contributed by atoms with E-state index in [4.69, 9.17) is 5.11 Å². The van der Waals surface area contributed by atoms with Gasteiger partial charge in [-0.1, -0.05) is 0 Å². The molecule has 0 aromatic heterocycles. The maximum atomic E-state index is 11.7. The van der Waals surface area contributed by atoms with E-state index in [9.17, 15) is 9.59 Å². The number of amides is 2. The van der Waals surface area contributed by atoms with Crippen molar-refractivity contribution in [2.24, 2.45) is 5.92 Å². The van der Waals surface area contributed by atoms with Crippen LogP contribution < -0.4 is 10.6 Å². The Morgan fingerprint density at radius 3 is 2.65 bits per heavy atom. The van der Waals surface area contributed by atoms with E-state index in [0.29, 0.717) is 19.4 Å². The lowest BCUT2D eigenvalue weighted by Gasteiger charge is -2.26. The Labute approximate surface area is 123 Å². The molecule has 0 radical (unpaired) electrons. The molecule has 0 spiro atoms. The molecule has 1 saturated heterocycles. The molecule has 114 valence electrons. The zero-order chi connectivity index (χ0) is 14.4. The SMILES string of the molecule is O=C(NCCN1CCSCC1)NC1CCC(C(=O)O)C1. The number of carboxylic acids is 1. The molecule has 2 aliphatic rings. The van der Waals surface area contributed by atoms with Crippen LogP contribution in [0.1, 0.15) is 19.3 Å². The summed E-state index contributed by atoms with van der Waals surface area (Å²) in [6, 6.07) is -0.171. The minimum absolute atomic E-state index is 0.00230. The van der Waals surface area contributed by atoms with E-state index in [1.165, 1.54) is 11.5 Å². The third-order valence-electron chi connectivity index (χ3n) is 3.93. The van der Waals surface area contributed by atoms with E-state index in [0.717, 1.165) is 26.1 Å². The van der Waals surface area contributed by atoms with E-state index in [-0.39, 0.29) is 18.0 Å². The molecule has 7 heteroatoms. The second-order valence-electron chi connectivity index (χ2n) is 5.40. The third kappa shape index (κ3) is 4.86. The first kappa shape index (κ1) is 15.4. The first-order chi connectivity index (χ1) is 9.65. The number of carbonyl (C=O) groups is 2. The summed E-state index contributed by atoms with van der Waals surface area (Å²) in [6.07, 6.45) is 1.96. The molecule has 0 aromatic carbocycles. The van der Waals surface area contributed by atoms with Gasteiger partial charge in [0.05, 0.1) is 5.92 Å². The van der Waals surface area contributed by atoms with Crippen molar-refractivity contribution in [1.29, 1.82) is 0 Å². The summed E-state index contributed by atoms with van der Waals surface area (Å²) >= 11 is 1.97. The van der Waals surface area contributed by atoms with E-state index in [1.54, 1.807) is 0 Å². The maximum absolute atomic E-state index is 11.7. The van der Waals surface area contributed by atoms with Gasteiger partial charge in [-0.3, -0.25) is 9.69 Å². The van der Waals surface area contributed by atoms with Crippen LogP contribution in [0.2, 0.25) is 0 Å². The van der Waals surface area contributed by atoms with Gasteiger partial charge < -0.3 is 15.7 Å². The van der Waals surface area contributed by atoms with Crippen LogP contribution in [0.3, 0.4) is 0 Å². The van der Waals surface area contributed by atoms with Crippen molar-refractivity contribution in [3.63, 3.8) is 0 Å². The zero-order valence-electron chi connectivity index (χ0n) is 11.6. The summed E-state index contributed by atoms with van der Waals surface area (Å²) in [7, 11) is 0. The van der Waals surface area contributed by atoms with Gasteiger partial charge in [0.25, 0.3) is 0 Å². The normalized spacial score (nSPS) is 27.2. The second-order valence-corrected chi connectivity index (χ2v) is 6.62. The molecule has 6 nitrogen and oxygen atoms in total. The van der Waals surface area contributed by atoms with E-state index < -0.39 is 5.97 Å². The molecule has 1 aliphatic heterocycles. The van der Waals surface area contributed by atoms with Crippen LogP contribution in [0, 0.1) is 5.92 Å². The third-order valence-corrected chi connectivity index (χ3v) is 4.88. The molecule has 2 atom stereocenters.